The van der Waals surface area contributed by atoms with E-state index in [1.165, 1.54) is 0 Å². The number of ether oxygens (including phenoxy) is 1. The van der Waals surface area contributed by atoms with Crippen molar-refractivity contribution in [3.8, 4) is 0 Å². The van der Waals surface area contributed by atoms with Gasteiger partial charge < -0.3 is 10.1 Å². The maximum atomic E-state index is 12.2. The van der Waals surface area contributed by atoms with E-state index in [4.69, 9.17) is 4.74 Å². The number of benzene rings is 1. The fourth-order valence-corrected chi connectivity index (χ4v) is 2.41. The Morgan fingerprint density at radius 1 is 1.32 bits per heavy atom. The van der Waals surface area contributed by atoms with Crippen molar-refractivity contribution >= 4 is 21.9 Å². The smallest absolute Gasteiger partial charge is 0.312 e. The minimum absolute atomic E-state index is 0.154. The summed E-state index contributed by atoms with van der Waals surface area (Å²) in [6, 6.07) is 8.01. The highest BCUT2D eigenvalue weighted by Crippen LogP contribution is 2.35. The van der Waals surface area contributed by atoms with E-state index in [1.54, 1.807) is 0 Å². The number of nitrogens with one attached hydrogen (secondary N) is 1. The van der Waals surface area contributed by atoms with Crippen LogP contribution in [0.4, 0.5) is 0 Å². The van der Waals surface area contributed by atoms with Gasteiger partial charge in [0.1, 0.15) is 0 Å². The largest absolute Gasteiger partial charge is 0.452 e. The number of hydrogen-bond acceptors (Lipinski definition) is 3. The minimum atomic E-state index is -0.523. The Morgan fingerprint density at radius 3 is 2.42 bits per heavy atom. The number of halogens is 1. The van der Waals surface area contributed by atoms with Crippen molar-refractivity contribution in [3.05, 3.63) is 34.3 Å². The zero-order valence-corrected chi connectivity index (χ0v) is 13.2. The van der Waals surface area contributed by atoms with E-state index in [0.29, 0.717) is 6.54 Å². The second-order valence-electron chi connectivity index (χ2n) is 6.07. The van der Waals surface area contributed by atoms with Gasteiger partial charge in [-0.25, -0.2) is 0 Å². The first-order valence-corrected chi connectivity index (χ1v) is 7.33. The molecule has 0 aromatic heterocycles. The molecule has 1 aromatic rings. The summed E-state index contributed by atoms with van der Waals surface area (Å²) in [7, 11) is 0. The van der Waals surface area contributed by atoms with Gasteiger partial charge in [-0.05, 0) is 45.0 Å². The summed E-state index contributed by atoms with van der Waals surface area (Å²) in [6.07, 6.45) is 0.816. The van der Waals surface area contributed by atoms with Gasteiger partial charge in [0.15, 0.2) is 5.60 Å². The molecule has 104 valence electrons. The fraction of sp³-hybridized carbons (Fsp3) is 0.533. The number of esters is 1. The highest BCUT2D eigenvalue weighted by Gasteiger charge is 2.41. The van der Waals surface area contributed by atoms with Gasteiger partial charge in [0.25, 0.3) is 0 Å². The molecule has 1 heterocycles. The van der Waals surface area contributed by atoms with E-state index in [1.807, 2.05) is 45.0 Å². The Balaban J connectivity index is 2.28. The van der Waals surface area contributed by atoms with Crippen molar-refractivity contribution in [1.29, 1.82) is 0 Å². The number of carbonyl (C=O) groups is 1. The molecule has 1 N–H and O–H groups in total. The Labute approximate surface area is 122 Å². The quantitative estimate of drug-likeness (QED) is 0.848. The molecule has 1 unspecified atom stereocenters. The molecule has 19 heavy (non-hydrogen) atoms. The second-order valence-corrected chi connectivity index (χ2v) is 6.98. The summed E-state index contributed by atoms with van der Waals surface area (Å²) in [5.74, 6) is -0.154. The minimum Gasteiger partial charge on any atom is -0.452 e. The molecule has 0 saturated carbocycles. The first-order valence-electron chi connectivity index (χ1n) is 6.54. The Morgan fingerprint density at radius 2 is 1.95 bits per heavy atom. The first-order chi connectivity index (χ1) is 8.83. The van der Waals surface area contributed by atoms with Crippen molar-refractivity contribution in [2.75, 3.05) is 13.1 Å². The van der Waals surface area contributed by atoms with Gasteiger partial charge >= 0.3 is 5.97 Å². The Hall–Kier alpha value is -0.870. The van der Waals surface area contributed by atoms with E-state index >= 15 is 0 Å². The summed E-state index contributed by atoms with van der Waals surface area (Å²) in [5, 5.41) is 3.29. The van der Waals surface area contributed by atoms with E-state index in [-0.39, 0.29) is 5.97 Å². The van der Waals surface area contributed by atoms with Crippen LogP contribution in [0.25, 0.3) is 0 Å². The van der Waals surface area contributed by atoms with Crippen molar-refractivity contribution in [2.45, 2.75) is 32.8 Å². The third-order valence-electron chi connectivity index (χ3n) is 3.39. The van der Waals surface area contributed by atoms with E-state index in [0.717, 1.165) is 23.0 Å². The van der Waals surface area contributed by atoms with Gasteiger partial charge in [-0.15, -0.1) is 0 Å². The van der Waals surface area contributed by atoms with Crippen LogP contribution in [0.5, 0.6) is 0 Å². The van der Waals surface area contributed by atoms with Crippen LogP contribution in [0.3, 0.4) is 0 Å². The van der Waals surface area contributed by atoms with Crippen LogP contribution in [0.2, 0.25) is 0 Å². The lowest BCUT2D eigenvalue weighted by Crippen LogP contribution is -2.38. The SMILES string of the molecule is CC(C)(C)C(=O)OC1(c2ccc(Br)cc2)CCNC1. The van der Waals surface area contributed by atoms with Gasteiger partial charge in [-0.3, -0.25) is 4.79 Å². The molecule has 4 heteroatoms. The molecule has 1 atom stereocenters. The number of rotatable bonds is 2. The third kappa shape index (κ3) is 3.18. The molecule has 2 rings (SSSR count). The monoisotopic (exact) mass is 325 g/mol. The molecule has 0 radical (unpaired) electrons. The molecule has 1 fully saturated rings. The third-order valence-corrected chi connectivity index (χ3v) is 3.92. The molecular formula is C15H20BrNO2. The highest BCUT2D eigenvalue weighted by molar-refractivity contribution is 9.10. The molecule has 1 aliphatic heterocycles. The normalized spacial score (nSPS) is 23.4. The topological polar surface area (TPSA) is 38.3 Å². The Bertz CT molecular complexity index is 456. The molecule has 1 aliphatic rings. The van der Waals surface area contributed by atoms with E-state index in [2.05, 4.69) is 21.2 Å². The maximum absolute atomic E-state index is 12.2. The molecule has 0 aliphatic carbocycles. The van der Waals surface area contributed by atoms with Gasteiger partial charge in [0.05, 0.1) is 5.41 Å². The molecule has 3 nitrogen and oxygen atoms in total. The molecule has 0 amide bonds. The zero-order valence-electron chi connectivity index (χ0n) is 11.6. The molecule has 0 bridgehead atoms. The first kappa shape index (κ1) is 14.5. The molecular weight excluding hydrogens is 306 g/mol. The van der Waals surface area contributed by atoms with E-state index in [9.17, 15) is 4.79 Å². The predicted octanol–water partition coefficient (Wildman–Crippen LogP) is 3.23. The zero-order chi connectivity index (χ0) is 14.1. The van der Waals surface area contributed by atoms with Crippen LogP contribution in [0, 0.1) is 5.41 Å². The van der Waals surface area contributed by atoms with Crippen LogP contribution in [-0.4, -0.2) is 19.1 Å². The lowest BCUT2D eigenvalue weighted by Gasteiger charge is -2.32. The standard InChI is InChI=1S/C15H20BrNO2/c1-14(2,3)13(18)19-15(8-9-17-10-15)11-4-6-12(16)7-5-11/h4-7,17H,8-10H2,1-3H3. The summed E-state index contributed by atoms with van der Waals surface area (Å²) in [6.45, 7) is 7.19. The van der Waals surface area contributed by atoms with Gasteiger partial charge in [-0.2, -0.15) is 0 Å². The Kier molecular flexibility index (Phi) is 4.02. The highest BCUT2D eigenvalue weighted by atomic mass is 79.9. The lowest BCUT2D eigenvalue weighted by atomic mass is 9.91. The predicted molar refractivity (Wildman–Crippen MR) is 78.9 cm³/mol. The summed E-state index contributed by atoms with van der Waals surface area (Å²) >= 11 is 3.43. The van der Waals surface area contributed by atoms with Gasteiger partial charge in [-0.1, -0.05) is 28.1 Å². The molecule has 1 saturated heterocycles. The van der Waals surface area contributed by atoms with Crippen LogP contribution in [-0.2, 0) is 15.1 Å². The van der Waals surface area contributed by atoms with Crippen molar-refractivity contribution < 1.29 is 9.53 Å². The van der Waals surface area contributed by atoms with Crippen molar-refractivity contribution in [1.82, 2.24) is 5.32 Å². The maximum Gasteiger partial charge on any atom is 0.312 e. The van der Waals surface area contributed by atoms with Gasteiger partial charge in [0.2, 0.25) is 0 Å². The van der Waals surface area contributed by atoms with Crippen LogP contribution >= 0.6 is 15.9 Å². The second kappa shape index (κ2) is 5.25. The average molecular weight is 326 g/mol. The number of carbonyl (C=O) groups excluding carboxylic acids is 1. The fourth-order valence-electron chi connectivity index (χ4n) is 2.15. The van der Waals surface area contributed by atoms with Gasteiger partial charge in [0, 0.05) is 17.4 Å². The van der Waals surface area contributed by atoms with Crippen molar-refractivity contribution in [3.63, 3.8) is 0 Å². The summed E-state index contributed by atoms with van der Waals surface area (Å²) in [5.41, 5.74) is 0.0500. The van der Waals surface area contributed by atoms with Crippen molar-refractivity contribution in [2.24, 2.45) is 5.41 Å². The molecule has 0 spiro atoms. The average Bonchev–Trinajstić information content (AvgIpc) is 2.78. The summed E-state index contributed by atoms with van der Waals surface area (Å²) in [4.78, 5) is 12.2. The molecule has 1 aromatic carbocycles. The van der Waals surface area contributed by atoms with E-state index < -0.39 is 11.0 Å². The van der Waals surface area contributed by atoms with Crippen LogP contribution in [0.1, 0.15) is 32.8 Å². The lowest BCUT2D eigenvalue weighted by molar-refractivity contribution is -0.169. The summed E-state index contributed by atoms with van der Waals surface area (Å²) < 4.78 is 6.90. The van der Waals surface area contributed by atoms with Crippen LogP contribution < -0.4 is 5.32 Å². The number of hydrogen-bond donors (Lipinski definition) is 1. The van der Waals surface area contributed by atoms with Crippen LogP contribution in [0.15, 0.2) is 28.7 Å².